The Balaban J connectivity index is 2.22. The van der Waals surface area contributed by atoms with Gasteiger partial charge < -0.3 is 14.9 Å². The van der Waals surface area contributed by atoms with Gasteiger partial charge in [-0.15, -0.1) is 0 Å². The average Bonchev–Trinajstić information content (AvgIpc) is 2.66. The topological polar surface area (TPSA) is 67.6 Å². The highest BCUT2D eigenvalue weighted by atomic mass is 19.1. The van der Waals surface area contributed by atoms with Crippen molar-refractivity contribution in [3.8, 4) is 6.07 Å². The smallest absolute Gasteiger partial charge is 0.407 e. The van der Waals surface area contributed by atoms with Gasteiger partial charge in [-0.1, -0.05) is 0 Å². The first-order valence-electron chi connectivity index (χ1n) is 6.15. The predicted octanol–water partition coefficient (Wildman–Crippen LogP) is 2.03. The number of hydrogen-bond acceptors (Lipinski definition) is 3. The third-order valence-electron chi connectivity index (χ3n) is 3.26. The van der Waals surface area contributed by atoms with Crippen molar-refractivity contribution < 1.29 is 18.7 Å². The molecule has 1 saturated heterocycles. The largest absolute Gasteiger partial charge is 0.465 e. The van der Waals surface area contributed by atoms with E-state index in [1.54, 1.807) is 11.0 Å². The standard InChI is InChI=1S/C13H13F2N3O2/c14-10-7-12(11(15)6-9(10)8-16)17-2-1-3-18(5-4-17)13(19)20/h6-7H,1-5H2,(H,19,20). The molecular formula is C13H13F2N3O2. The van der Waals surface area contributed by atoms with Gasteiger partial charge in [0.1, 0.15) is 17.7 Å². The number of halogens is 2. The molecular weight excluding hydrogens is 268 g/mol. The summed E-state index contributed by atoms with van der Waals surface area (Å²) in [7, 11) is 0. The number of carboxylic acid groups (broad SMARTS) is 1. The van der Waals surface area contributed by atoms with Crippen LogP contribution in [0.4, 0.5) is 19.3 Å². The third kappa shape index (κ3) is 2.79. The van der Waals surface area contributed by atoms with Crippen molar-refractivity contribution in [2.45, 2.75) is 6.42 Å². The number of hydrogen-bond donors (Lipinski definition) is 1. The van der Waals surface area contributed by atoms with Gasteiger partial charge in [-0.2, -0.15) is 5.26 Å². The predicted molar refractivity (Wildman–Crippen MR) is 67.5 cm³/mol. The van der Waals surface area contributed by atoms with Crippen LogP contribution in [0.2, 0.25) is 0 Å². The monoisotopic (exact) mass is 281 g/mol. The summed E-state index contributed by atoms with van der Waals surface area (Å²) in [6, 6.07) is 3.44. The number of rotatable bonds is 1. The zero-order chi connectivity index (χ0) is 14.7. The second-order valence-electron chi connectivity index (χ2n) is 4.51. The lowest BCUT2D eigenvalue weighted by atomic mass is 10.2. The Labute approximate surface area is 114 Å². The summed E-state index contributed by atoms with van der Waals surface area (Å²) in [5.41, 5.74) is -0.276. The summed E-state index contributed by atoms with van der Waals surface area (Å²) in [5.74, 6) is -1.45. The first kappa shape index (κ1) is 14.1. The van der Waals surface area contributed by atoms with Crippen molar-refractivity contribution in [3.05, 3.63) is 29.3 Å². The van der Waals surface area contributed by atoms with Gasteiger partial charge in [-0.05, 0) is 12.5 Å². The lowest BCUT2D eigenvalue weighted by Crippen LogP contribution is -2.34. The number of nitriles is 1. The Morgan fingerprint density at radius 3 is 2.60 bits per heavy atom. The second kappa shape index (κ2) is 5.74. The van der Waals surface area contributed by atoms with Gasteiger partial charge in [-0.3, -0.25) is 0 Å². The van der Waals surface area contributed by atoms with E-state index in [1.807, 2.05) is 0 Å². The molecule has 0 atom stereocenters. The normalized spacial score (nSPS) is 15.7. The maximum Gasteiger partial charge on any atom is 0.407 e. The average molecular weight is 281 g/mol. The minimum Gasteiger partial charge on any atom is -0.465 e. The van der Waals surface area contributed by atoms with E-state index in [9.17, 15) is 13.6 Å². The summed E-state index contributed by atoms with van der Waals surface area (Å²) in [4.78, 5) is 13.7. The molecule has 1 aliphatic rings. The van der Waals surface area contributed by atoms with Crippen molar-refractivity contribution >= 4 is 11.8 Å². The van der Waals surface area contributed by atoms with Crippen molar-refractivity contribution in [1.29, 1.82) is 5.26 Å². The zero-order valence-corrected chi connectivity index (χ0v) is 10.6. The summed E-state index contributed by atoms with van der Waals surface area (Å²) in [6.07, 6.45) is -0.480. The fourth-order valence-corrected chi connectivity index (χ4v) is 2.21. The third-order valence-corrected chi connectivity index (χ3v) is 3.26. The maximum absolute atomic E-state index is 13.9. The van der Waals surface area contributed by atoms with Crippen LogP contribution in [0.3, 0.4) is 0 Å². The Hall–Kier alpha value is -2.36. The molecule has 1 aromatic rings. The number of nitrogens with zero attached hydrogens (tertiary/aromatic N) is 3. The van der Waals surface area contributed by atoms with E-state index < -0.39 is 17.7 Å². The van der Waals surface area contributed by atoms with E-state index in [4.69, 9.17) is 10.4 Å². The molecule has 1 heterocycles. The molecule has 0 radical (unpaired) electrons. The molecule has 1 fully saturated rings. The summed E-state index contributed by atoms with van der Waals surface area (Å²) < 4.78 is 27.5. The lowest BCUT2D eigenvalue weighted by Gasteiger charge is -2.23. The molecule has 1 aliphatic heterocycles. The molecule has 1 amide bonds. The van der Waals surface area contributed by atoms with Gasteiger partial charge in [0.2, 0.25) is 0 Å². The van der Waals surface area contributed by atoms with Gasteiger partial charge >= 0.3 is 6.09 Å². The van der Waals surface area contributed by atoms with Gasteiger partial charge in [0.25, 0.3) is 0 Å². The fraction of sp³-hybridized carbons (Fsp3) is 0.385. The molecule has 0 saturated carbocycles. The van der Waals surface area contributed by atoms with Crippen LogP contribution < -0.4 is 4.90 Å². The molecule has 0 bridgehead atoms. The first-order valence-corrected chi connectivity index (χ1v) is 6.15. The number of carbonyl (C=O) groups is 1. The number of benzene rings is 1. The molecule has 20 heavy (non-hydrogen) atoms. The van der Waals surface area contributed by atoms with Crippen LogP contribution in [0.1, 0.15) is 12.0 Å². The van der Waals surface area contributed by atoms with E-state index in [-0.39, 0.29) is 24.3 Å². The molecule has 1 N–H and O–H groups in total. The van der Waals surface area contributed by atoms with E-state index in [1.165, 1.54) is 4.90 Å². The van der Waals surface area contributed by atoms with Crippen LogP contribution in [-0.4, -0.2) is 42.3 Å². The van der Waals surface area contributed by atoms with Crippen LogP contribution >= 0.6 is 0 Å². The summed E-state index contributed by atoms with van der Waals surface area (Å²) in [5, 5.41) is 17.6. The number of amides is 1. The lowest BCUT2D eigenvalue weighted by molar-refractivity contribution is 0.148. The highest BCUT2D eigenvalue weighted by molar-refractivity contribution is 5.65. The van der Waals surface area contributed by atoms with E-state index >= 15 is 0 Å². The maximum atomic E-state index is 13.9. The Morgan fingerprint density at radius 2 is 1.95 bits per heavy atom. The molecule has 0 unspecified atom stereocenters. The minimum absolute atomic E-state index is 0.0636. The molecule has 106 valence electrons. The van der Waals surface area contributed by atoms with Gasteiger partial charge in [-0.25, -0.2) is 13.6 Å². The van der Waals surface area contributed by atoms with E-state index in [0.717, 1.165) is 12.1 Å². The molecule has 7 heteroatoms. The van der Waals surface area contributed by atoms with Crippen LogP contribution in [0.5, 0.6) is 0 Å². The van der Waals surface area contributed by atoms with Crippen molar-refractivity contribution in [1.82, 2.24) is 4.90 Å². The Kier molecular flexibility index (Phi) is 4.03. The van der Waals surface area contributed by atoms with Crippen LogP contribution in [0.25, 0.3) is 0 Å². The van der Waals surface area contributed by atoms with E-state index in [2.05, 4.69) is 0 Å². The SMILES string of the molecule is N#Cc1cc(F)c(N2CCCN(C(=O)O)CC2)cc1F. The Bertz CT molecular complexity index is 571. The molecule has 2 rings (SSSR count). The van der Waals surface area contributed by atoms with Gasteiger partial charge in [0.15, 0.2) is 0 Å². The van der Waals surface area contributed by atoms with Gasteiger partial charge in [0.05, 0.1) is 11.3 Å². The molecule has 1 aromatic carbocycles. The van der Waals surface area contributed by atoms with Gasteiger partial charge in [0, 0.05) is 32.2 Å². The molecule has 0 aromatic heterocycles. The van der Waals surface area contributed by atoms with Crippen LogP contribution in [0.15, 0.2) is 12.1 Å². The Morgan fingerprint density at radius 1 is 1.20 bits per heavy atom. The van der Waals surface area contributed by atoms with Crippen molar-refractivity contribution in [3.63, 3.8) is 0 Å². The molecule has 0 spiro atoms. The highest BCUT2D eigenvalue weighted by Crippen LogP contribution is 2.24. The molecule has 5 nitrogen and oxygen atoms in total. The molecule has 0 aliphatic carbocycles. The quantitative estimate of drug-likeness (QED) is 0.855. The fourth-order valence-electron chi connectivity index (χ4n) is 2.21. The zero-order valence-electron chi connectivity index (χ0n) is 10.6. The van der Waals surface area contributed by atoms with Crippen LogP contribution in [-0.2, 0) is 0 Å². The minimum atomic E-state index is -1.02. The number of anilines is 1. The second-order valence-corrected chi connectivity index (χ2v) is 4.51. The van der Waals surface area contributed by atoms with Crippen molar-refractivity contribution in [2.75, 3.05) is 31.1 Å². The van der Waals surface area contributed by atoms with E-state index in [0.29, 0.717) is 19.5 Å². The first-order chi connectivity index (χ1) is 9.52. The van der Waals surface area contributed by atoms with Crippen molar-refractivity contribution in [2.24, 2.45) is 0 Å². The summed E-state index contributed by atoms with van der Waals surface area (Å²) >= 11 is 0. The van der Waals surface area contributed by atoms with Crippen LogP contribution in [0, 0.1) is 23.0 Å². The summed E-state index contributed by atoms with van der Waals surface area (Å²) in [6.45, 7) is 1.32. The highest BCUT2D eigenvalue weighted by Gasteiger charge is 2.21.